The molecule has 1 N–H and O–H groups in total. The second kappa shape index (κ2) is 5.90. The first-order valence-electron chi connectivity index (χ1n) is 7.87. The zero-order valence-electron chi connectivity index (χ0n) is 13.0. The minimum absolute atomic E-state index is 0.307. The van der Waals surface area contributed by atoms with Crippen molar-refractivity contribution in [3.8, 4) is 23.1 Å². The molecule has 0 spiro atoms. The second-order valence-electron chi connectivity index (χ2n) is 5.85. The maximum absolute atomic E-state index is 6.21. The van der Waals surface area contributed by atoms with Crippen molar-refractivity contribution in [1.29, 1.82) is 0 Å². The summed E-state index contributed by atoms with van der Waals surface area (Å²) in [5.74, 6) is 0.680. The van der Waals surface area contributed by atoms with E-state index < -0.39 is 0 Å². The monoisotopic (exact) mass is 376 g/mol. The third-order valence-electron chi connectivity index (χ3n) is 4.18. The van der Waals surface area contributed by atoms with E-state index in [2.05, 4.69) is 30.8 Å². The van der Waals surface area contributed by atoms with E-state index in [0.717, 1.165) is 24.5 Å². The van der Waals surface area contributed by atoms with Gasteiger partial charge in [-0.3, -0.25) is 9.08 Å². The fourth-order valence-electron chi connectivity index (χ4n) is 3.01. The van der Waals surface area contributed by atoms with Crippen LogP contribution in [0.5, 0.6) is 0 Å². The number of nitrogens with zero attached hydrogens (tertiary/aromatic N) is 7. The summed E-state index contributed by atoms with van der Waals surface area (Å²) in [5, 5.41) is 18.0. The molecule has 1 atom stereocenters. The summed E-state index contributed by atoms with van der Waals surface area (Å²) in [6.07, 6.45) is 6.03. The molecule has 5 rings (SSSR count). The lowest BCUT2D eigenvalue weighted by Gasteiger charge is -2.08. The average Bonchev–Trinajstić information content (AvgIpc) is 3.37. The van der Waals surface area contributed by atoms with Crippen LogP contribution in [-0.2, 0) is 6.54 Å². The molecule has 9 nitrogen and oxygen atoms in total. The van der Waals surface area contributed by atoms with Crippen molar-refractivity contribution in [2.75, 3.05) is 6.54 Å². The molecule has 1 aliphatic heterocycles. The molecule has 0 bridgehead atoms. The van der Waals surface area contributed by atoms with E-state index in [9.17, 15) is 0 Å². The van der Waals surface area contributed by atoms with Crippen molar-refractivity contribution in [1.82, 2.24) is 39.8 Å². The Morgan fingerprint density at radius 3 is 3.24 bits per heavy atom. The zero-order valence-corrected chi connectivity index (χ0v) is 14.5. The first-order chi connectivity index (χ1) is 12.3. The summed E-state index contributed by atoms with van der Waals surface area (Å²) in [6.45, 7) is 1.83. The molecule has 128 valence electrons. The zero-order chi connectivity index (χ0) is 16.8. The predicted octanol–water partition coefficient (Wildman–Crippen LogP) is 2.11. The quantitative estimate of drug-likeness (QED) is 0.582. The van der Waals surface area contributed by atoms with Crippen LogP contribution in [-0.4, -0.2) is 47.1 Å². The van der Waals surface area contributed by atoms with Crippen molar-refractivity contribution in [3.63, 3.8) is 0 Å². The van der Waals surface area contributed by atoms with Gasteiger partial charge < -0.3 is 9.84 Å². The summed E-state index contributed by atoms with van der Waals surface area (Å²) >= 11 is 7.70. The molecule has 4 aromatic rings. The van der Waals surface area contributed by atoms with Gasteiger partial charge in [-0.05, 0) is 19.4 Å². The lowest BCUT2D eigenvalue weighted by molar-refractivity contribution is 0.430. The fourth-order valence-corrected chi connectivity index (χ4v) is 4.03. The Labute approximate surface area is 150 Å². The number of imidazole rings is 1. The molecule has 1 saturated heterocycles. The number of fused-ring (bicyclic) bond motifs is 1. The van der Waals surface area contributed by atoms with Gasteiger partial charge in [0.15, 0.2) is 15.8 Å². The lowest BCUT2D eigenvalue weighted by Crippen LogP contribution is -2.26. The molecule has 0 radical (unpaired) electrons. The number of hydrogen-bond donors (Lipinski definition) is 1. The third-order valence-corrected chi connectivity index (χ3v) is 5.21. The van der Waals surface area contributed by atoms with Crippen LogP contribution < -0.4 is 5.32 Å². The SMILES string of the molecule is Clc1nc2sccn2c1-c1noc(-c2cn(CC3CCCN3)nn2)n1. The smallest absolute Gasteiger partial charge is 0.280 e. The third kappa shape index (κ3) is 2.62. The average molecular weight is 377 g/mol. The number of aromatic nitrogens is 7. The van der Waals surface area contributed by atoms with E-state index in [1.165, 1.54) is 17.8 Å². The molecule has 25 heavy (non-hydrogen) atoms. The highest BCUT2D eigenvalue weighted by molar-refractivity contribution is 7.15. The molecule has 1 unspecified atom stereocenters. The van der Waals surface area contributed by atoms with Crippen LogP contribution in [0.1, 0.15) is 12.8 Å². The van der Waals surface area contributed by atoms with Gasteiger partial charge in [0.2, 0.25) is 5.82 Å². The Bertz CT molecular complexity index is 1030. The van der Waals surface area contributed by atoms with Gasteiger partial charge in [-0.1, -0.05) is 22.0 Å². The predicted molar refractivity (Wildman–Crippen MR) is 91.4 cm³/mol. The summed E-state index contributed by atoms with van der Waals surface area (Å²) < 4.78 is 8.98. The van der Waals surface area contributed by atoms with Crippen LogP contribution in [0, 0.1) is 0 Å². The number of nitrogens with one attached hydrogen (secondary N) is 1. The molecule has 0 saturated carbocycles. The van der Waals surface area contributed by atoms with Gasteiger partial charge in [0.25, 0.3) is 5.89 Å². The van der Waals surface area contributed by atoms with E-state index in [0.29, 0.717) is 34.3 Å². The van der Waals surface area contributed by atoms with Gasteiger partial charge in [-0.25, -0.2) is 4.98 Å². The van der Waals surface area contributed by atoms with E-state index in [1.54, 1.807) is 4.68 Å². The first-order valence-corrected chi connectivity index (χ1v) is 9.13. The Morgan fingerprint density at radius 2 is 2.36 bits per heavy atom. The van der Waals surface area contributed by atoms with Crippen LogP contribution in [0.15, 0.2) is 22.3 Å². The molecule has 1 aliphatic rings. The molecule has 4 aromatic heterocycles. The number of halogens is 1. The molecular formula is C14H13ClN8OS. The topological polar surface area (TPSA) is 99.0 Å². The largest absolute Gasteiger partial charge is 0.332 e. The minimum atomic E-state index is 0.307. The lowest BCUT2D eigenvalue weighted by atomic mass is 10.2. The molecule has 1 fully saturated rings. The van der Waals surface area contributed by atoms with Gasteiger partial charge in [0.1, 0.15) is 5.69 Å². The summed E-state index contributed by atoms with van der Waals surface area (Å²) in [6, 6.07) is 0.435. The van der Waals surface area contributed by atoms with Crippen molar-refractivity contribution < 1.29 is 4.52 Å². The highest BCUT2D eigenvalue weighted by Crippen LogP contribution is 2.30. The minimum Gasteiger partial charge on any atom is -0.332 e. The van der Waals surface area contributed by atoms with Crippen LogP contribution in [0.3, 0.4) is 0 Å². The standard InChI is InChI=1S/C14H13ClN8OS/c15-11-10(23-4-5-25-14(23)17-11)12-18-13(24-20-12)9-7-22(21-19-9)6-8-2-1-3-16-8/h4-5,7-8,16H,1-3,6H2. The highest BCUT2D eigenvalue weighted by Gasteiger charge is 2.21. The number of hydrogen-bond acceptors (Lipinski definition) is 8. The fraction of sp³-hybridized carbons (Fsp3) is 0.357. The van der Waals surface area contributed by atoms with Gasteiger partial charge >= 0.3 is 0 Å². The summed E-state index contributed by atoms with van der Waals surface area (Å²) in [7, 11) is 0. The Hall–Kier alpha value is -2.30. The van der Waals surface area contributed by atoms with Gasteiger partial charge in [-0.15, -0.1) is 16.4 Å². The van der Waals surface area contributed by atoms with Crippen LogP contribution >= 0.6 is 22.9 Å². The Balaban J connectivity index is 1.43. The van der Waals surface area contributed by atoms with E-state index in [4.69, 9.17) is 16.1 Å². The number of rotatable bonds is 4. The van der Waals surface area contributed by atoms with Gasteiger partial charge in [0.05, 0.1) is 12.7 Å². The first kappa shape index (κ1) is 15.0. The van der Waals surface area contributed by atoms with Crippen molar-refractivity contribution in [2.24, 2.45) is 0 Å². The molecule has 0 amide bonds. The van der Waals surface area contributed by atoms with Crippen molar-refractivity contribution in [2.45, 2.75) is 25.4 Å². The molecule has 0 aromatic carbocycles. The van der Waals surface area contributed by atoms with Crippen molar-refractivity contribution >= 4 is 27.9 Å². The van der Waals surface area contributed by atoms with Gasteiger partial charge in [-0.2, -0.15) is 4.98 Å². The van der Waals surface area contributed by atoms with Crippen LogP contribution in [0.4, 0.5) is 0 Å². The van der Waals surface area contributed by atoms with E-state index >= 15 is 0 Å². The molecular weight excluding hydrogens is 364 g/mol. The second-order valence-corrected chi connectivity index (χ2v) is 7.08. The number of thiazole rings is 1. The summed E-state index contributed by atoms with van der Waals surface area (Å²) in [5.41, 5.74) is 1.15. The Kier molecular flexibility index (Phi) is 3.54. The van der Waals surface area contributed by atoms with E-state index in [-0.39, 0.29) is 0 Å². The maximum atomic E-state index is 6.21. The van der Waals surface area contributed by atoms with Crippen molar-refractivity contribution in [3.05, 3.63) is 22.9 Å². The normalized spacial score (nSPS) is 17.7. The highest BCUT2D eigenvalue weighted by atomic mass is 35.5. The maximum Gasteiger partial charge on any atom is 0.280 e. The molecule has 11 heteroatoms. The van der Waals surface area contributed by atoms with Gasteiger partial charge in [0, 0.05) is 17.6 Å². The summed E-state index contributed by atoms with van der Waals surface area (Å²) in [4.78, 5) is 9.47. The molecule has 5 heterocycles. The molecule has 0 aliphatic carbocycles. The van der Waals surface area contributed by atoms with E-state index in [1.807, 2.05) is 22.2 Å². The van der Waals surface area contributed by atoms with Crippen LogP contribution in [0.25, 0.3) is 28.1 Å². The van der Waals surface area contributed by atoms with Crippen LogP contribution in [0.2, 0.25) is 5.15 Å². The Morgan fingerprint density at radius 1 is 1.40 bits per heavy atom.